The number of benzene rings is 2. The van der Waals surface area contributed by atoms with Crippen LogP contribution in [0.1, 0.15) is 37.5 Å². The molecule has 0 aliphatic heterocycles. The molecule has 0 aromatic heterocycles. The van der Waals surface area contributed by atoms with E-state index < -0.39 is 16.5 Å². The summed E-state index contributed by atoms with van der Waals surface area (Å²) in [5.41, 5.74) is 2.94. The van der Waals surface area contributed by atoms with Gasteiger partial charge in [-0.05, 0) is 50.1 Å². The van der Waals surface area contributed by atoms with Crippen LogP contribution in [0, 0.1) is 22.7 Å². The number of methoxy groups -OCH3 is 1. The summed E-state index contributed by atoms with van der Waals surface area (Å²) < 4.78 is 21.4. The van der Waals surface area contributed by atoms with Crippen LogP contribution in [0.5, 0.6) is 17.2 Å². The summed E-state index contributed by atoms with van der Waals surface area (Å²) in [4.78, 5) is 0. The summed E-state index contributed by atoms with van der Waals surface area (Å²) >= 11 is -0.472. The molecule has 0 spiro atoms. The monoisotopic (exact) mass is 675 g/mol. The molecule has 9 heteroatoms. The molecule has 0 fully saturated rings. The molecule has 2 aromatic carbocycles. The summed E-state index contributed by atoms with van der Waals surface area (Å²) in [6.45, 7) is 8.14. The molecule has 184 valence electrons. The van der Waals surface area contributed by atoms with Crippen LogP contribution in [0.3, 0.4) is 0 Å². The average molecular weight is 676 g/mol. The van der Waals surface area contributed by atoms with Gasteiger partial charge in [0.2, 0.25) is 0 Å². The van der Waals surface area contributed by atoms with Gasteiger partial charge in [0.1, 0.15) is 5.75 Å². The number of hydrogen-bond donors (Lipinski definition) is 0. The number of halogens is 2. The van der Waals surface area contributed by atoms with Gasteiger partial charge >= 0.3 is 35.3 Å². The maximum atomic E-state index is 8.60. The van der Waals surface area contributed by atoms with E-state index in [1.54, 1.807) is 7.11 Å². The Bertz CT molecular complexity index is 814. The maximum absolute atomic E-state index is 8.60. The molecule has 6 nitrogen and oxygen atoms in total. The predicted molar refractivity (Wildman–Crippen MR) is 127 cm³/mol. The Balaban J connectivity index is 0.000000555. The summed E-state index contributed by atoms with van der Waals surface area (Å²) in [6.07, 6.45) is 0.805. The van der Waals surface area contributed by atoms with Crippen LogP contribution in [-0.4, -0.2) is 26.9 Å². The molecule has 0 unspecified atom stereocenters. The van der Waals surface area contributed by atoms with Gasteiger partial charge in [0, 0.05) is 12.7 Å². The molecular formula is C24H30Cl2N2O4Pt. The Labute approximate surface area is 213 Å². The van der Waals surface area contributed by atoms with Gasteiger partial charge in [-0.1, -0.05) is 18.2 Å². The quantitative estimate of drug-likeness (QED) is 0.297. The third kappa shape index (κ3) is 13.4. The van der Waals surface area contributed by atoms with Crippen molar-refractivity contribution in [2.45, 2.75) is 40.2 Å². The number of rotatable bonds is 10. The van der Waals surface area contributed by atoms with Crippen molar-refractivity contribution in [3.8, 4) is 29.4 Å². The van der Waals surface area contributed by atoms with Crippen LogP contribution in [0.2, 0.25) is 0 Å². The third-order valence-corrected chi connectivity index (χ3v) is 3.91. The SMILES string of the molecule is CCOc1cc(CC#N)ccc1COC.CCOc1ccc(CC#N)cc1OCC.[Cl][Pt][Cl]. The predicted octanol–water partition coefficient (Wildman–Crippen LogP) is 6.22. The van der Waals surface area contributed by atoms with Crippen molar-refractivity contribution in [3.05, 3.63) is 53.1 Å². The Hall–Kier alpha value is -1.95. The minimum atomic E-state index is -0.472. The van der Waals surface area contributed by atoms with Crippen molar-refractivity contribution in [1.82, 2.24) is 0 Å². The van der Waals surface area contributed by atoms with Crippen molar-refractivity contribution in [2.75, 3.05) is 26.9 Å². The number of hydrogen-bond acceptors (Lipinski definition) is 6. The minimum absolute atomic E-state index is 0.395. The summed E-state index contributed by atoms with van der Waals surface area (Å²) in [6, 6.07) is 15.6. The normalized spacial score (nSPS) is 9.33. The van der Waals surface area contributed by atoms with E-state index in [0.29, 0.717) is 45.0 Å². The first kappa shape index (κ1) is 31.0. The van der Waals surface area contributed by atoms with Gasteiger partial charge in [0.25, 0.3) is 0 Å². The van der Waals surface area contributed by atoms with Gasteiger partial charge in [-0.3, -0.25) is 0 Å². The van der Waals surface area contributed by atoms with E-state index in [1.807, 2.05) is 57.2 Å². The summed E-state index contributed by atoms with van der Waals surface area (Å²) in [7, 11) is 11.4. The third-order valence-electron chi connectivity index (χ3n) is 3.91. The molecule has 0 heterocycles. The molecule has 0 aliphatic carbocycles. The van der Waals surface area contributed by atoms with Gasteiger partial charge < -0.3 is 18.9 Å². The van der Waals surface area contributed by atoms with E-state index in [-0.39, 0.29) is 0 Å². The molecular weight excluding hydrogens is 646 g/mol. The Morgan fingerprint density at radius 3 is 1.70 bits per heavy atom. The zero-order valence-electron chi connectivity index (χ0n) is 19.3. The topological polar surface area (TPSA) is 84.5 Å². The summed E-state index contributed by atoms with van der Waals surface area (Å²) in [5, 5.41) is 17.2. The second-order valence-electron chi connectivity index (χ2n) is 6.17. The summed E-state index contributed by atoms with van der Waals surface area (Å²) in [5.74, 6) is 2.26. The van der Waals surface area contributed by atoms with Gasteiger partial charge in [-0.15, -0.1) is 0 Å². The van der Waals surface area contributed by atoms with Gasteiger partial charge in [-0.2, -0.15) is 10.5 Å². The van der Waals surface area contributed by atoms with Crippen LogP contribution >= 0.6 is 18.8 Å². The molecule has 0 atom stereocenters. The average Bonchev–Trinajstić information content (AvgIpc) is 2.79. The number of nitriles is 2. The van der Waals surface area contributed by atoms with Crippen LogP contribution in [0.4, 0.5) is 0 Å². The van der Waals surface area contributed by atoms with Crippen LogP contribution < -0.4 is 14.2 Å². The zero-order chi connectivity index (χ0) is 24.9. The second-order valence-corrected chi connectivity index (χ2v) is 9.45. The molecule has 2 rings (SSSR count). The van der Waals surface area contributed by atoms with Crippen molar-refractivity contribution in [3.63, 3.8) is 0 Å². The van der Waals surface area contributed by atoms with Crippen molar-refractivity contribution in [2.24, 2.45) is 0 Å². The van der Waals surface area contributed by atoms with Crippen LogP contribution in [0.25, 0.3) is 0 Å². The fourth-order valence-corrected chi connectivity index (χ4v) is 2.66. The Kier molecular flexibility index (Phi) is 19.4. The Morgan fingerprint density at radius 1 is 0.758 bits per heavy atom. The fraction of sp³-hybridized carbons (Fsp3) is 0.417. The van der Waals surface area contributed by atoms with E-state index in [0.717, 1.165) is 28.2 Å². The van der Waals surface area contributed by atoms with Crippen molar-refractivity contribution >= 4 is 18.8 Å². The van der Waals surface area contributed by atoms with E-state index in [1.165, 1.54) is 0 Å². The van der Waals surface area contributed by atoms with E-state index in [2.05, 4.69) is 12.1 Å². The molecule has 0 N–H and O–H groups in total. The second kappa shape index (κ2) is 20.6. The molecule has 0 saturated carbocycles. The first-order valence-corrected chi connectivity index (χ1v) is 15.9. The number of ether oxygens (including phenoxy) is 4. The van der Waals surface area contributed by atoms with Crippen LogP contribution in [0.15, 0.2) is 36.4 Å². The van der Waals surface area contributed by atoms with Crippen molar-refractivity contribution in [1.29, 1.82) is 10.5 Å². The van der Waals surface area contributed by atoms with Gasteiger partial charge in [-0.25, -0.2) is 0 Å². The molecule has 0 aliphatic rings. The molecule has 0 saturated heterocycles. The first-order chi connectivity index (χ1) is 16.0. The van der Waals surface area contributed by atoms with Gasteiger partial charge in [0.15, 0.2) is 11.5 Å². The molecule has 2 aromatic rings. The Morgan fingerprint density at radius 2 is 1.21 bits per heavy atom. The van der Waals surface area contributed by atoms with E-state index >= 15 is 0 Å². The molecule has 0 bridgehead atoms. The van der Waals surface area contributed by atoms with E-state index in [4.69, 9.17) is 48.3 Å². The fourth-order valence-electron chi connectivity index (χ4n) is 2.66. The molecule has 0 radical (unpaired) electrons. The van der Waals surface area contributed by atoms with E-state index in [9.17, 15) is 0 Å². The first-order valence-electron chi connectivity index (χ1n) is 10.2. The molecule has 33 heavy (non-hydrogen) atoms. The van der Waals surface area contributed by atoms with Gasteiger partial charge in [0.05, 0.1) is 51.4 Å². The zero-order valence-corrected chi connectivity index (χ0v) is 23.1. The standard InChI is InChI=1S/2C12H15NO2.2ClH.Pt/c1-3-15-12-8-10(6-7-13)4-5-11(12)9-14-2;1-3-14-11-6-5-10(7-8-13)9-12(11)15-4-2;;;/h4-5,8H,3,6,9H2,1-2H3;5-6,9H,3-4,7H2,1-2H3;2*1H;/q;;;;+2/p-2. The van der Waals surface area contributed by atoms with Crippen molar-refractivity contribution < 1.29 is 35.4 Å². The van der Waals surface area contributed by atoms with Crippen LogP contribution in [-0.2, 0) is 40.7 Å². The number of nitrogens with zero attached hydrogens (tertiary/aromatic N) is 2. The molecule has 0 amide bonds.